The van der Waals surface area contributed by atoms with Crippen LogP contribution in [0.2, 0.25) is 0 Å². The molecule has 198 valence electrons. The number of esters is 4. The highest BCUT2D eigenvalue weighted by molar-refractivity contribution is 6.30. The lowest BCUT2D eigenvalue weighted by molar-refractivity contribution is -0.158. The molecule has 0 amide bonds. The van der Waals surface area contributed by atoms with E-state index in [4.69, 9.17) is 39.2 Å². The molecule has 0 fully saturated rings. The van der Waals surface area contributed by atoms with E-state index < -0.39 is 47.2 Å². The third kappa shape index (κ3) is 8.16. The van der Waals surface area contributed by atoms with Crippen LogP contribution in [0.15, 0.2) is 8.83 Å². The Morgan fingerprint density at radius 1 is 0.694 bits per heavy atom. The SMILES string of the molecule is CC(C)(C)OC(=O)c1nc(OC(=O)C(=O)Oc2nc(C(=O)OC(C)(C)C)c(CCN)o2)oc1CCN. The molecule has 0 saturated carbocycles. The Morgan fingerprint density at radius 2 is 1.03 bits per heavy atom. The highest BCUT2D eigenvalue weighted by Gasteiger charge is 2.31. The standard InChI is InChI=1S/C22H30N4O10/c1-21(2,3)35-15(27)13-11(7-9-23)31-19(25-13)33-17(29)18(30)34-20-26-14(12(32-20)8-10-24)16(28)36-22(4,5)6/h7-10,23-24H2,1-6H3. The van der Waals surface area contributed by atoms with Gasteiger partial charge in [-0.1, -0.05) is 0 Å². The zero-order valence-electron chi connectivity index (χ0n) is 21.0. The highest BCUT2D eigenvalue weighted by atomic mass is 16.7. The van der Waals surface area contributed by atoms with Gasteiger partial charge in [0, 0.05) is 12.8 Å². The summed E-state index contributed by atoms with van der Waals surface area (Å²) >= 11 is 0. The summed E-state index contributed by atoms with van der Waals surface area (Å²) in [5.74, 6) is -4.79. The molecule has 14 heteroatoms. The largest absolute Gasteiger partial charge is 0.455 e. The smallest absolute Gasteiger partial charge is 0.426 e. The van der Waals surface area contributed by atoms with Crippen LogP contribution in [0.3, 0.4) is 0 Å². The van der Waals surface area contributed by atoms with Gasteiger partial charge in [-0.15, -0.1) is 0 Å². The minimum absolute atomic E-state index is 0.00375. The summed E-state index contributed by atoms with van der Waals surface area (Å²) in [7, 11) is 0. The van der Waals surface area contributed by atoms with E-state index >= 15 is 0 Å². The summed E-state index contributed by atoms with van der Waals surface area (Å²) in [5, 5.41) is 0. The number of nitrogens with zero attached hydrogens (tertiary/aromatic N) is 2. The summed E-state index contributed by atoms with van der Waals surface area (Å²) in [4.78, 5) is 56.7. The van der Waals surface area contributed by atoms with Gasteiger partial charge < -0.3 is 39.2 Å². The number of carbonyl (C=O) groups is 4. The number of hydrogen-bond donors (Lipinski definition) is 2. The Labute approximate surface area is 206 Å². The van der Waals surface area contributed by atoms with E-state index in [-0.39, 0.29) is 48.8 Å². The first-order valence-corrected chi connectivity index (χ1v) is 10.9. The van der Waals surface area contributed by atoms with Crippen molar-refractivity contribution in [2.45, 2.75) is 65.6 Å². The molecule has 0 spiro atoms. The van der Waals surface area contributed by atoms with Gasteiger partial charge in [0.2, 0.25) is 0 Å². The average Bonchev–Trinajstić information content (AvgIpc) is 3.30. The molecule has 2 aromatic rings. The number of rotatable bonds is 8. The first kappa shape index (κ1) is 28.5. The van der Waals surface area contributed by atoms with Crippen LogP contribution in [-0.2, 0) is 31.9 Å². The Bertz CT molecular complexity index is 1030. The maximum Gasteiger partial charge on any atom is 0.426 e. The van der Waals surface area contributed by atoms with E-state index in [9.17, 15) is 19.2 Å². The lowest BCUT2D eigenvalue weighted by atomic mass is 10.2. The fourth-order valence-corrected chi connectivity index (χ4v) is 2.56. The second-order valence-electron chi connectivity index (χ2n) is 9.36. The summed E-state index contributed by atoms with van der Waals surface area (Å²) in [6.07, 6.45) is -1.24. The molecule has 0 radical (unpaired) electrons. The molecule has 0 aromatic carbocycles. The van der Waals surface area contributed by atoms with E-state index in [0.717, 1.165) is 0 Å². The molecule has 0 aliphatic rings. The highest BCUT2D eigenvalue weighted by Crippen LogP contribution is 2.23. The predicted molar refractivity (Wildman–Crippen MR) is 120 cm³/mol. The van der Waals surface area contributed by atoms with Gasteiger partial charge in [-0.2, -0.15) is 9.97 Å². The number of hydrogen-bond acceptors (Lipinski definition) is 14. The van der Waals surface area contributed by atoms with Crippen LogP contribution in [0, 0.1) is 0 Å². The van der Waals surface area contributed by atoms with Crippen molar-refractivity contribution in [3.8, 4) is 12.2 Å². The molecular formula is C22H30N4O10. The van der Waals surface area contributed by atoms with Crippen LogP contribution in [0.4, 0.5) is 0 Å². The van der Waals surface area contributed by atoms with Crippen molar-refractivity contribution in [2.75, 3.05) is 13.1 Å². The van der Waals surface area contributed by atoms with Crippen molar-refractivity contribution in [1.29, 1.82) is 0 Å². The Morgan fingerprint density at radius 3 is 1.31 bits per heavy atom. The molecule has 2 heterocycles. The molecule has 0 aliphatic heterocycles. The Hall–Kier alpha value is -3.78. The first-order chi connectivity index (χ1) is 16.6. The molecule has 14 nitrogen and oxygen atoms in total. The van der Waals surface area contributed by atoms with Crippen LogP contribution in [0.1, 0.15) is 74.0 Å². The molecule has 4 N–H and O–H groups in total. The van der Waals surface area contributed by atoms with E-state index in [2.05, 4.69) is 9.97 Å². The Kier molecular flexibility index (Phi) is 8.94. The van der Waals surface area contributed by atoms with Gasteiger partial charge in [0.1, 0.15) is 22.7 Å². The van der Waals surface area contributed by atoms with E-state index in [1.54, 1.807) is 41.5 Å². The third-order valence-corrected chi connectivity index (χ3v) is 3.81. The fraction of sp³-hybridized carbons (Fsp3) is 0.545. The molecule has 0 unspecified atom stereocenters. The molecule has 0 bridgehead atoms. The summed E-state index contributed by atoms with van der Waals surface area (Å²) in [6.45, 7) is 10.1. The van der Waals surface area contributed by atoms with Crippen molar-refractivity contribution in [2.24, 2.45) is 11.5 Å². The number of oxazole rings is 2. The van der Waals surface area contributed by atoms with Gasteiger partial charge >= 0.3 is 36.0 Å². The average molecular weight is 511 g/mol. The topological polar surface area (TPSA) is 209 Å². The van der Waals surface area contributed by atoms with Crippen molar-refractivity contribution in [3.63, 3.8) is 0 Å². The van der Waals surface area contributed by atoms with Gasteiger partial charge in [0.05, 0.1) is 0 Å². The fourth-order valence-electron chi connectivity index (χ4n) is 2.56. The van der Waals surface area contributed by atoms with Crippen molar-refractivity contribution < 1.29 is 47.0 Å². The lowest BCUT2D eigenvalue weighted by Crippen LogP contribution is -2.26. The summed E-state index contributed by atoms with van der Waals surface area (Å²) < 4.78 is 30.5. The third-order valence-electron chi connectivity index (χ3n) is 3.81. The summed E-state index contributed by atoms with van der Waals surface area (Å²) in [6, 6.07) is 0. The zero-order valence-corrected chi connectivity index (χ0v) is 21.0. The van der Waals surface area contributed by atoms with Crippen molar-refractivity contribution >= 4 is 23.9 Å². The Balaban J connectivity index is 2.16. The van der Waals surface area contributed by atoms with Gasteiger partial charge in [0.25, 0.3) is 0 Å². The van der Waals surface area contributed by atoms with Crippen LogP contribution >= 0.6 is 0 Å². The second kappa shape index (κ2) is 11.3. The molecule has 0 saturated heterocycles. The number of ether oxygens (including phenoxy) is 4. The molecule has 2 rings (SSSR count). The van der Waals surface area contributed by atoms with Crippen LogP contribution in [0.25, 0.3) is 0 Å². The molecule has 2 aromatic heterocycles. The first-order valence-electron chi connectivity index (χ1n) is 10.9. The van der Waals surface area contributed by atoms with Crippen LogP contribution < -0.4 is 20.9 Å². The van der Waals surface area contributed by atoms with Crippen molar-refractivity contribution in [3.05, 3.63) is 22.9 Å². The number of carbonyl (C=O) groups excluding carboxylic acids is 4. The normalized spacial score (nSPS) is 11.7. The lowest BCUT2D eigenvalue weighted by Gasteiger charge is -2.18. The summed E-state index contributed by atoms with van der Waals surface area (Å²) in [5.41, 5.74) is 8.86. The molecular weight excluding hydrogens is 480 g/mol. The van der Waals surface area contributed by atoms with Crippen LogP contribution in [0.5, 0.6) is 12.2 Å². The van der Waals surface area contributed by atoms with Gasteiger partial charge in [-0.3, -0.25) is 0 Å². The monoisotopic (exact) mass is 510 g/mol. The maximum atomic E-state index is 12.4. The number of aromatic nitrogens is 2. The van der Waals surface area contributed by atoms with Crippen LogP contribution in [-0.4, -0.2) is 58.1 Å². The van der Waals surface area contributed by atoms with Gasteiger partial charge in [0.15, 0.2) is 11.4 Å². The molecule has 0 atom stereocenters. The minimum atomic E-state index is -1.57. The van der Waals surface area contributed by atoms with E-state index in [1.165, 1.54) is 0 Å². The van der Waals surface area contributed by atoms with Crippen molar-refractivity contribution in [1.82, 2.24) is 9.97 Å². The zero-order chi connectivity index (χ0) is 27.3. The second-order valence-corrected chi connectivity index (χ2v) is 9.36. The number of nitrogens with two attached hydrogens (primary N) is 2. The molecule has 0 aliphatic carbocycles. The van der Waals surface area contributed by atoms with Gasteiger partial charge in [-0.05, 0) is 54.6 Å². The van der Waals surface area contributed by atoms with E-state index in [1.807, 2.05) is 0 Å². The maximum absolute atomic E-state index is 12.4. The quantitative estimate of drug-likeness (QED) is 0.376. The van der Waals surface area contributed by atoms with E-state index in [0.29, 0.717) is 0 Å². The predicted octanol–water partition coefficient (Wildman–Crippen LogP) is 1.09. The van der Waals surface area contributed by atoms with Gasteiger partial charge in [-0.25, -0.2) is 19.2 Å². The minimum Gasteiger partial charge on any atom is -0.455 e. The molecule has 36 heavy (non-hydrogen) atoms.